The van der Waals surface area contributed by atoms with Crippen molar-refractivity contribution in [2.45, 2.75) is 39.7 Å². The van der Waals surface area contributed by atoms with E-state index in [1.165, 1.54) is 22.3 Å². The van der Waals surface area contributed by atoms with E-state index in [9.17, 15) is 0 Å². The molecule has 1 N–H and O–H groups in total. The minimum Gasteiger partial charge on any atom is -0.472 e. The first-order chi connectivity index (χ1) is 9.30. The molecule has 1 aromatic heterocycles. The van der Waals surface area contributed by atoms with Crippen LogP contribution in [0.25, 0.3) is 0 Å². The molecule has 0 aliphatic carbocycles. The lowest BCUT2D eigenvalue weighted by molar-refractivity contribution is 0.552. The van der Waals surface area contributed by atoms with Gasteiger partial charge < -0.3 is 9.73 Å². The monoisotopic (exact) mass is 257 g/mol. The number of rotatable bonds is 6. The Kier molecular flexibility index (Phi) is 4.80. The maximum absolute atomic E-state index is 5.25. The first kappa shape index (κ1) is 13.9. The van der Waals surface area contributed by atoms with Crippen molar-refractivity contribution in [2.24, 2.45) is 0 Å². The van der Waals surface area contributed by atoms with Crippen LogP contribution in [0.3, 0.4) is 0 Å². The van der Waals surface area contributed by atoms with Crippen molar-refractivity contribution in [3.8, 4) is 0 Å². The van der Waals surface area contributed by atoms with Gasteiger partial charge in [0.2, 0.25) is 0 Å². The van der Waals surface area contributed by atoms with E-state index in [-0.39, 0.29) is 6.04 Å². The van der Waals surface area contributed by atoms with Crippen molar-refractivity contribution in [3.05, 3.63) is 59.0 Å². The van der Waals surface area contributed by atoms with Crippen molar-refractivity contribution in [1.82, 2.24) is 5.32 Å². The van der Waals surface area contributed by atoms with Crippen molar-refractivity contribution in [1.29, 1.82) is 0 Å². The fourth-order valence-electron chi connectivity index (χ4n) is 2.51. The van der Waals surface area contributed by atoms with Crippen LogP contribution in [0.4, 0.5) is 0 Å². The predicted octanol–water partition coefficient (Wildman–Crippen LogP) is 4.10. The van der Waals surface area contributed by atoms with Gasteiger partial charge in [0.1, 0.15) is 0 Å². The average molecular weight is 257 g/mol. The van der Waals surface area contributed by atoms with Crippen LogP contribution >= 0.6 is 0 Å². The van der Waals surface area contributed by atoms with E-state index >= 15 is 0 Å². The van der Waals surface area contributed by atoms with E-state index in [2.05, 4.69) is 44.3 Å². The van der Waals surface area contributed by atoms with E-state index < -0.39 is 0 Å². The van der Waals surface area contributed by atoms with E-state index in [1.54, 1.807) is 6.26 Å². The standard InChI is InChI=1S/C17H23NO/c1-4-13-7-8-14(5-2)16(11-13)17(18-6-3)15-9-10-19-12-15/h7-12,17-18H,4-6H2,1-3H3. The van der Waals surface area contributed by atoms with Crippen molar-refractivity contribution in [3.63, 3.8) is 0 Å². The minimum atomic E-state index is 0.227. The predicted molar refractivity (Wildman–Crippen MR) is 79.4 cm³/mol. The summed E-state index contributed by atoms with van der Waals surface area (Å²) in [6.45, 7) is 7.49. The Morgan fingerprint density at radius 1 is 1.11 bits per heavy atom. The fraction of sp³-hybridized carbons (Fsp3) is 0.412. The fourth-order valence-corrected chi connectivity index (χ4v) is 2.51. The van der Waals surface area contributed by atoms with Crippen LogP contribution in [0.15, 0.2) is 41.2 Å². The summed E-state index contributed by atoms with van der Waals surface area (Å²) >= 11 is 0. The zero-order valence-electron chi connectivity index (χ0n) is 12.1. The molecule has 19 heavy (non-hydrogen) atoms. The highest BCUT2D eigenvalue weighted by atomic mass is 16.3. The highest BCUT2D eigenvalue weighted by molar-refractivity contribution is 5.39. The third-order valence-corrected chi connectivity index (χ3v) is 3.60. The molecule has 0 saturated carbocycles. The number of benzene rings is 1. The summed E-state index contributed by atoms with van der Waals surface area (Å²) in [5, 5.41) is 3.57. The van der Waals surface area contributed by atoms with Gasteiger partial charge in [-0.1, -0.05) is 39.0 Å². The SMILES string of the molecule is CCNC(c1ccoc1)c1cc(CC)ccc1CC. The van der Waals surface area contributed by atoms with Crippen LogP contribution in [0.5, 0.6) is 0 Å². The summed E-state index contributed by atoms with van der Waals surface area (Å²) in [4.78, 5) is 0. The third-order valence-electron chi connectivity index (χ3n) is 3.60. The molecule has 0 radical (unpaired) electrons. The molecule has 0 saturated heterocycles. The van der Waals surface area contributed by atoms with Gasteiger partial charge in [-0.15, -0.1) is 0 Å². The minimum absolute atomic E-state index is 0.227. The van der Waals surface area contributed by atoms with Crippen LogP contribution < -0.4 is 5.32 Å². The number of hydrogen-bond acceptors (Lipinski definition) is 2. The normalized spacial score (nSPS) is 12.6. The first-order valence-electron chi connectivity index (χ1n) is 7.17. The molecule has 2 nitrogen and oxygen atoms in total. The zero-order chi connectivity index (χ0) is 13.7. The van der Waals surface area contributed by atoms with Gasteiger partial charge in [0.15, 0.2) is 0 Å². The van der Waals surface area contributed by atoms with E-state index in [1.807, 2.05) is 12.3 Å². The molecule has 1 aromatic carbocycles. The summed E-state index contributed by atoms with van der Waals surface area (Å²) in [7, 11) is 0. The Hall–Kier alpha value is -1.54. The molecular formula is C17H23NO. The van der Waals surface area contributed by atoms with Gasteiger partial charge in [-0.25, -0.2) is 0 Å². The molecule has 2 heteroatoms. The summed E-state index contributed by atoms with van der Waals surface area (Å²) in [5.74, 6) is 0. The Balaban J connectivity index is 2.45. The van der Waals surface area contributed by atoms with Gasteiger partial charge in [0.25, 0.3) is 0 Å². The Labute approximate surface area is 115 Å². The summed E-state index contributed by atoms with van der Waals surface area (Å²) in [5.41, 5.74) is 5.37. The second-order valence-corrected chi connectivity index (χ2v) is 4.79. The maximum Gasteiger partial charge on any atom is 0.0953 e. The van der Waals surface area contributed by atoms with Crippen molar-refractivity contribution < 1.29 is 4.42 Å². The van der Waals surface area contributed by atoms with Crippen molar-refractivity contribution >= 4 is 0 Å². The molecule has 0 fully saturated rings. The molecule has 0 amide bonds. The smallest absolute Gasteiger partial charge is 0.0953 e. The van der Waals surface area contributed by atoms with Gasteiger partial charge in [0, 0.05) is 5.56 Å². The van der Waals surface area contributed by atoms with Gasteiger partial charge in [-0.2, -0.15) is 0 Å². The molecule has 2 rings (SSSR count). The Morgan fingerprint density at radius 3 is 2.53 bits per heavy atom. The van der Waals surface area contributed by atoms with Crippen molar-refractivity contribution in [2.75, 3.05) is 6.54 Å². The third kappa shape index (κ3) is 3.07. The lowest BCUT2D eigenvalue weighted by atomic mass is 9.92. The first-order valence-corrected chi connectivity index (χ1v) is 7.17. The molecule has 0 bridgehead atoms. The molecule has 2 aromatic rings. The molecule has 102 valence electrons. The van der Waals surface area contributed by atoms with Gasteiger partial charge in [0.05, 0.1) is 18.6 Å². The number of nitrogens with one attached hydrogen (secondary N) is 1. The number of aryl methyl sites for hydroxylation is 2. The van der Waals surface area contributed by atoms with Crippen LogP contribution in [0.2, 0.25) is 0 Å². The quantitative estimate of drug-likeness (QED) is 0.842. The number of furan rings is 1. The van der Waals surface area contributed by atoms with E-state index in [0.717, 1.165) is 19.4 Å². The highest BCUT2D eigenvalue weighted by Gasteiger charge is 2.17. The van der Waals surface area contributed by atoms with Gasteiger partial charge >= 0.3 is 0 Å². The molecule has 1 heterocycles. The molecule has 0 spiro atoms. The highest BCUT2D eigenvalue weighted by Crippen LogP contribution is 2.27. The van der Waals surface area contributed by atoms with Crippen LogP contribution in [0.1, 0.15) is 49.1 Å². The van der Waals surface area contributed by atoms with Crippen LogP contribution in [0, 0.1) is 0 Å². The lowest BCUT2D eigenvalue weighted by Crippen LogP contribution is -2.22. The topological polar surface area (TPSA) is 25.2 Å². The van der Waals surface area contributed by atoms with E-state index in [4.69, 9.17) is 4.42 Å². The van der Waals surface area contributed by atoms with Crippen LogP contribution in [-0.4, -0.2) is 6.54 Å². The Morgan fingerprint density at radius 2 is 1.95 bits per heavy atom. The lowest BCUT2D eigenvalue weighted by Gasteiger charge is -2.21. The molecule has 0 aliphatic rings. The summed E-state index contributed by atoms with van der Waals surface area (Å²) < 4.78 is 5.25. The zero-order valence-corrected chi connectivity index (χ0v) is 12.1. The Bertz CT molecular complexity index is 502. The molecule has 0 aliphatic heterocycles. The molecular weight excluding hydrogens is 234 g/mol. The second kappa shape index (κ2) is 6.58. The number of hydrogen-bond donors (Lipinski definition) is 1. The summed E-state index contributed by atoms with van der Waals surface area (Å²) in [6.07, 6.45) is 5.71. The largest absolute Gasteiger partial charge is 0.472 e. The van der Waals surface area contributed by atoms with Gasteiger partial charge in [-0.3, -0.25) is 0 Å². The molecule has 1 unspecified atom stereocenters. The maximum atomic E-state index is 5.25. The van der Waals surface area contributed by atoms with Crippen LogP contribution in [-0.2, 0) is 12.8 Å². The molecule has 1 atom stereocenters. The second-order valence-electron chi connectivity index (χ2n) is 4.79. The summed E-state index contributed by atoms with van der Waals surface area (Å²) in [6, 6.07) is 9.11. The van der Waals surface area contributed by atoms with E-state index in [0.29, 0.717) is 0 Å². The average Bonchev–Trinajstić information content (AvgIpc) is 2.98. The van der Waals surface area contributed by atoms with Gasteiger partial charge in [-0.05, 0) is 42.1 Å².